The molecular weight excluding hydrogens is 317 g/mol. The second kappa shape index (κ2) is 6.69. The zero-order chi connectivity index (χ0) is 17.0. The van der Waals surface area contributed by atoms with Gasteiger partial charge in [0.05, 0.1) is 18.4 Å². The molecule has 2 N–H and O–H groups in total. The number of nitrogens with one attached hydrogen (secondary N) is 1. The Bertz CT molecular complexity index is 722. The minimum atomic E-state index is -4.61. The van der Waals surface area contributed by atoms with Crippen LogP contribution in [0.3, 0.4) is 0 Å². The smallest absolute Gasteiger partial charge is 0.417 e. The Morgan fingerprint density at radius 2 is 2.09 bits per heavy atom. The van der Waals surface area contributed by atoms with E-state index in [9.17, 15) is 27.9 Å². The molecule has 9 heteroatoms. The Balaban J connectivity index is 1.99. The van der Waals surface area contributed by atoms with E-state index in [1.54, 1.807) is 6.07 Å². The van der Waals surface area contributed by atoms with Gasteiger partial charge in [-0.25, -0.2) is 0 Å². The monoisotopic (exact) mass is 330 g/mol. The van der Waals surface area contributed by atoms with Gasteiger partial charge in [-0.05, 0) is 18.2 Å². The van der Waals surface area contributed by atoms with Gasteiger partial charge in [-0.3, -0.25) is 9.59 Å². The lowest BCUT2D eigenvalue weighted by Gasteiger charge is -2.12. The molecule has 1 unspecified atom stereocenters. The van der Waals surface area contributed by atoms with Gasteiger partial charge in [0, 0.05) is 12.3 Å². The Morgan fingerprint density at radius 1 is 1.35 bits per heavy atom. The number of carbonyl (C=O) groups is 1. The van der Waals surface area contributed by atoms with Crippen molar-refractivity contribution in [2.75, 3.05) is 6.54 Å². The summed E-state index contributed by atoms with van der Waals surface area (Å²) in [5, 5.41) is 12.0. The summed E-state index contributed by atoms with van der Waals surface area (Å²) in [6.07, 6.45) is -3.78. The van der Waals surface area contributed by atoms with Gasteiger partial charge in [0.25, 0.3) is 5.56 Å². The van der Waals surface area contributed by atoms with E-state index >= 15 is 0 Å². The molecule has 0 bridgehead atoms. The van der Waals surface area contributed by atoms with Crippen molar-refractivity contribution >= 4 is 5.91 Å². The molecule has 0 aliphatic rings. The van der Waals surface area contributed by atoms with Gasteiger partial charge in [0.1, 0.15) is 18.4 Å². The molecule has 0 saturated carbocycles. The number of rotatable bonds is 5. The van der Waals surface area contributed by atoms with Gasteiger partial charge in [0.2, 0.25) is 5.91 Å². The first-order valence-electron chi connectivity index (χ1n) is 6.53. The van der Waals surface area contributed by atoms with Gasteiger partial charge < -0.3 is 19.4 Å². The molecule has 0 saturated heterocycles. The third kappa shape index (κ3) is 4.46. The number of aromatic nitrogens is 1. The summed E-state index contributed by atoms with van der Waals surface area (Å²) in [5.74, 6) is -0.474. The summed E-state index contributed by atoms with van der Waals surface area (Å²) >= 11 is 0. The molecule has 23 heavy (non-hydrogen) atoms. The number of hydrogen-bond donors (Lipinski definition) is 2. The fraction of sp³-hybridized carbons (Fsp3) is 0.286. The second-order valence-corrected chi connectivity index (χ2v) is 4.72. The first kappa shape index (κ1) is 16.8. The summed E-state index contributed by atoms with van der Waals surface area (Å²) in [5.41, 5.74) is -1.76. The molecule has 1 amide bonds. The van der Waals surface area contributed by atoms with E-state index in [0.717, 1.165) is 6.07 Å². The van der Waals surface area contributed by atoms with Crippen LogP contribution in [-0.2, 0) is 17.5 Å². The van der Waals surface area contributed by atoms with Crippen LogP contribution in [0.1, 0.15) is 17.4 Å². The largest absolute Gasteiger partial charge is 0.467 e. The van der Waals surface area contributed by atoms with Crippen molar-refractivity contribution in [1.82, 2.24) is 9.88 Å². The van der Waals surface area contributed by atoms with E-state index in [0.29, 0.717) is 16.8 Å². The molecule has 0 radical (unpaired) electrons. The lowest BCUT2D eigenvalue weighted by molar-refractivity contribution is -0.138. The zero-order valence-corrected chi connectivity index (χ0v) is 11.7. The Morgan fingerprint density at radius 3 is 2.70 bits per heavy atom. The summed E-state index contributed by atoms with van der Waals surface area (Å²) in [6.45, 7) is -0.784. The lowest BCUT2D eigenvalue weighted by atomic mass is 10.2. The summed E-state index contributed by atoms with van der Waals surface area (Å²) < 4.78 is 43.4. The SMILES string of the molecule is O=C(Cn1cc(C(F)(F)F)ccc1=O)NCC(O)c1ccco1. The molecular formula is C14H13F3N2O4. The van der Waals surface area contributed by atoms with Crippen molar-refractivity contribution in [1.29, 1.82) is 0 Å². The van der Waals surface area contributed by atoms with Crippen molar-refractivity contribution in [2.24, 2.45) is 0 Å². The minimum Gasteiger partial charge on any atom is -0.467 e. The van der Waals surface area contributed by atoms with E-state index < -0.39 is 35.9 Å². The van der Waals surface area contributed by atoms with Crippen LogP contribution in [0.15, 0.2) is 45.9 Å². The van der Waals surface area contributed by atoms with Gasteiger partial charge in [0.15, 0.2) is 0 Å². The van der Waals surface area contributed by atoms with E-state index in [1.165, 1.54) is 12.3 Å². The number of aliphatic hydroxyl groups excluding tert-OH is 1. The third-order valence-corrected chi connectivity index (χ3v) is 2.99. The molecule has 6 nitrogen and oxygen atoms in total. The highest BCUT2D eigenvalue weighted by atomic mass is 19.4. The summed E-state index contributed by atoms with van der Waals surface area (Å²) in [7, 11) is 0. The normalized spacial score (nSPS) is 12.9. The molecule has 2 rings (SSSR count). The molecule has 2 aromatic heterocycles. The minimum absolute atomic E-state index is 0.194. The first-order valence-corrected chi connectivity index (χ1v) is 6.53. The van der Waals surface area contributed by atoms with Gasteiger partial charge in [-0.1, -0.05) is 0 Å². The number of furan rings is 1. The van der Waals surface area contributed by atoms with Crippen molar-refractivity contribution in [3.63, 3.8) is 0 Å². The van der Waals surface area contributed by atoms with Crippen molar-refractivity contribution < 1.29 is 27.5 Å². The number of alkyl halides is 3. The lowest BCUT2D eigenvalue weighted by Crippen LogP contribution is -2.34. The maximum atomic E-state index is 12.6. The highest BCUT2D eigenvalue weighted by molar-refractivity contribution is 5.75. The third-order valence-electron chi connectivity index (χ3n) is 2.99. The maximum Gasteiger partial charge on any atom is 0.417 e. The molecule has 124 valence electrons. The van der Waals surface area contributed by atoms with Gasteiger partial charge >= 0.3 is 6.18 Å². The van der Waals surface area contributed by atoms with Crippen LogP contribution in [0.25, 0.3) is 0 Å². The predicted octanol–water partition coefficient (Wildman–Crippen LogP) is 1.31. The van der Waals surface area contributed by atoms with Crippen LogP contribution in [0, 0.1) is 0 Å². The van der Waals surface area contributed by atoms with E-state index in [1.807, 2.05) is 0 Å². The number of aliphatic hydroxyl groups is 1. The Hall–Kier alpha value is -2.55. The second-order valence-electron chi connectivity index (χ2n) is 4.72. The zero-order valence-electron chi connectivity index (χ0n) is 11.7. The van der Waals surface area contributed by atoms with Crippen LogP contribution < -0.4 is 10.9 Å². The maximum absolute atomic E-state index is 12.6. The Kier molecular flexibility index (Phi) is 4.89. The molecule has 0 aliphatic carbocycles. The van der Waals surface area contributed by atoms with Crippen molar-refractivity contribution in [2.45, 2.75) is 18.8 Å². The number of pyridine rings is 1. The highest BCUT2D eigenvalue weighted by Gasteiger charge is 2.31. The van der Waals surface area contributed by atoms with Crippen molar-refractivity contribution in [3.05, 3.63) is 58.4 Å². The standard InChI is InChI=1S/C14H13F3N2O4/c15-14(16,17)9-3-4-13(22)19(7-9)8-12(21)18-6-10(20)11-2-1-5-23-11/h1-5,7,10,20H,6,8H2,(H,18,21). The van der Waals surface area contributed by atoms with Crippen LogP contribution in [0.5, 0.6) is 0 Å². The van der Waals surface area contributed by atoms with Crippen LogP contribution >= 0.6 is 0 Å². The average Bonchev–Trinajstić information content (AvgIpc) is 3.00. The van der Waals surface area contributed by atoms with E-state index in [-0.39, 0.29) is 12.3 Å². The first-order chi connectivity index (χ1) is 10.8. The van der Waals surface area contributed by atoms with Crippen LogP contribution in [0.2, 0.25) is 0 Å². The van der Waals surface area contributed by atoms with Gasteiger partial charge in [-0.2, -0.15) is 13.2 Å². The summed E-state index contributed by atoms with van der Waals surface area (Å²) in [4.78, 5) is 23.2. The topological polar surface area (TPSA) is 84.5 Å². The Labute approximate surface area is 128 Å². The molecule has 2 heterocycles. The number of nitrogens with zero attached hydrogens (tertiary/aromatic N) is 1. The molecule has 0 aromatic carbocycles. The van der Waals surface area contributed by atoms with Crippen LogP contribution in [0.4, 0.5) is 13.2 Å². The number of hydrogen-bond acceptors (Lipinski definition) is 4. The average molecular weight is 330 g/mol. The molecule has 0 spiro atoms. The number of carbonyl (C=O) groups excluding carboxylic acids is 1. The van der Waals surface area contributed by atoms with Crippen molar-refractivity contribution in [3.8, 4) is 0 Å². The van der Waals surface area contributed by atoms with E-state index in [2.05, 4.69) is 5.32 Å². The number of amides is 1. The van der Waals surface area contributed by atoms with Gasteiger partial charge in [-0.15, -0.1) is 0 Å². The fourth-order valence-corrected chi connectivity index (χ4v) is 1.83. The fourth-order valence-electron chi connectivity index (χ4n) is 1.83. The molecule has 0 aliphatic heterocycles. The predicted molar refractivity (Wildman–Crippen MR) is 72.4 cm³/mol. The summed E-state index contributed by atoms with van der Waals surface area (Å²) in [6, 6.07) is 4.46. The van der Waals surface area contributed by atoms with Crippen LogP contribution in [-0.4, -0.2) is 22.1 Å². The number of halogens is 3. The highest BCUT2D eigenvalue weighted by Crippen LogP contribution is 2.27. The molecule has 1 atom stereocenters. The molecule has 2 aromatic rings. The van der Waals surface area contributed by atoms with E-state index in [4.69, 9.17) is 4.42 Å². The quantitative estimate of drug-likeness (QED) is 0.866. The molecule has 0 fully saturated rings.